The molecule has 0 radical (unpaired) electrons. The van der Waals surface area contributed by atoms with E-state index in [4.69, 9.17) is 29.0 Å². The number of hydrogen-bond acceptors (Lipinski definition) is 4. The van der Waals surface area contributed by atoms with Crippen LogP contribution in [-0.2, 0) is 12.8 Å². The molecule has 0 aliphatic rings. The van der Waals surface area contributed by atoms with Crippen LogP contribution in [0.4, 0.5) is 0 Å². The van der Waals surface area contributed by atoms with Gasteiger partial charge in [-0.05, 0) is 25.0 Å². The number of rotatable bonds is 5. The van der Waals surface area contributed by atoms with E-state index in [9.17, 15) is 0 Å². The van der Waals surface area contributed by atoms with Crippen molar-refractivity contribution in [3.8, 4) is 0 Å². The fraction of sp³-hybridized carbons (Fsp3) is 0.308. The van der Waals surface area contributed by atoms with Gasteiger partial charge in [0.25, 0.3) is 0 Å². The number of aromatic nitrogens is 1. The molecule has 6 heteroatoms. The highest BCUT2D eigenvalue weighted by molar-refractivity contribution is 7.09. The molecule has 0 fully saturated rings. The summed E-state index contributed by atoms with van der Waals surface area (Å²) in [5, 5.41) is 4.28. The van der Waals surface area contributed by atoms with Crippen LogP contribution in [-0.4, -0.2) is 11.0 Å². The molecular weight excluding hydrogens is 301 g/mol. The standard InChI is InChI=1S/C13H15Cl2N3S/c1-8-17-11(7-19-8)6-10(18-16)5-9-3-2-4-12(14)13(9)15/h2-4,7,10,18H,5-6,16H2,1H3. The first kappa shape index (κ1) is 14.8. The summed E-state index contributed by atoms with van der Waals surface area (Å²) >= 11 is 13.8. The minimum atomic E-state index is 0.0810. The van der Waals surface area contributed by atoms with Gasteiger partial charge in [0.05, 0.1) is 20.7 Å². The summed E-state index contributed by atoms with van der Waals surface area (Å²) in [5.74, 6) is 5.61. The molecule has 102 valence electrons. The Labute approximate surface area is 126 Å². The van der Waals surface area contributed by atoms with Crippen molar-refractivity contribution >= 4 is 34.5 Å². The maximum absolute atomic E-state index is 6.19. The summed E-state index contributed by atoms with van der Waals surface area (Å²) in [6.07, 6.45) is 1.48. The van der Waals surface area contributed by atoms with E-state index in [1.807, 2.05) is 19.1 Å². The molecular formula is C13H15Cl2N3S. The van der Waals surface area contributed by atoms with Gasteiger partial charge in [-0.25, -0.2) is 4.98 Å². The van der Waals surface area contributed by atoms with Gasteiger partial charge in [-0.3, -0.25) is 11.3 Å². The second-order valence-electron chi connectivity index (χ2n) is 4.34. The van der Waals surface area contributed by atoms with Gasteiger partial charge in [-0.2, -0.15) is 0 Å². The number of aryl methyl sites for hydroxylation is 1. The Morgan fingerprint density at radius 1 is 1.37 bits per heavy atom. The van der Waals surface area contributed by atoms with E-state index in [0.29, 0.717) is 16.5 Å². The van der Waals surface area contributed by atoms with Crippen LogP contribution in [0.5, 0.6) is 0 Å². The third-order valence-electron chi connectivity index (χ3n) is 2.86. The van der Waals surface area contributed by atoms with E-state index < -0.39 is 0 Å². The first-order valence-electron chi connectivity index (χ1n) is 5.90. The average Bonchev–Trinajstić information content (AvgIpc) is 2.79. The van der Waals surface area contributed by atoms with Crippen molar-refractivity contribution in [2.24, 2.45) is 5.84 Å². The number of nitrogens with two attached hydrogens (primary N) is 1. The molecule has 0 bridgehead atoms. The molecule has 1 unspecified atom stereocenters. The molecule has 0 aliphatic heterocycles. The predicted octanol–water partition coefficient (Wildman–Crippen LogP) is 3.38. The lowest BCUT2D eigenvalue weighted by atomic mass is 10.0. The fourth-order valence-corrected chi connectivity index (χ4v) is 2.94. The Morgan fingerprint density at radius 3 is 2.79 bits per heavy atom. The molecule has 3 N–H and O–H groups in total. The maximum Gasteiger partial charge on any atom is 0.0897 e. The molecule has 2 rings (SSSR count). The van der Waals surface area contributed by atoms with Crippen LogP contribution in [0.2, 0.25) is 10.0 Å². The van der Waals surface area contributed by atoms with Crippen LogP contribution in [0.25, 0.3) is 0 Å². The zero-order chi connectivity index (χ0) is 13.8. The number of hydrogen-bond donors (Lipinski definition) is 2. The molecule has 0 saturated carbocycles. The Bertz CT molecular complexity index is 557. The van der Waals surface area contributed by atoms with Gasteiger partial charge >= 0.3 is 0 Å². The van der Waals surface area contributed by atoms with E-state index >= 15 is 0 Å². The van der Waals surface area contributed by atoms with Gasteiger partial charge in [-0.15, -0.1) is 11.3 Å². The van der Waals surface area contributed by atoms with E-state index in [-0.39, 0.29) is 6.04 Å². The molecule has 1 atom stereocenters. The van der Waals surface area contributed by atoms with Crippen LogP contribution < -0.4 is 11.3 Å². The molecule has 2 aromatic rings. The van der Waals surface area contributed by atoms with Crippen molar-refractivity contribution in [3.63, 3.8) is 0 Å². The number of thiazole rings is 1. The van der Waals surface area contributed by atoms with Gasteiger partial charge in [-0.1, -0.05) is 35.3 Å². The number of nitrogens with one attached hydrogen (secondary N) is 1. The van der Waals surface area contributed by atoms with Crippen molar-refractivity contribution in [1.29, 1.82) is 0 Å². The number of halogens is 2. The number of hydrazine groups is 1. The normalized spacial score (nSPS) is 12.6. The molecule has 1 aromatic heterocycles. The molecule has 1 aromatic carbocycles. The Kier molecular flexibility index (Phi) is 5.19. The summed E-state index contributed by atoms with van der Waals surface area (Å²) in [5.41, 5.74) is 4.85. The smallest absolute Gasteiger partial charge is 0.0897 e. The highest BCUT2D eigenvalue weighted by Crippen LogP contribution is 2.26. The van der Waals surface area contributed by atoms with E-state index in [0.717, 1.165) is 22.7 Å². The van der Waals surface area contributed by atoms with Crippen LogP contribution in [0.3, 0.4) is 0 Å². The minimum Gasteiger partial charge on any atom is -0.271 e. The van der Waals surface area contributed by atoms with Gasteiger partial charge in [0.2, 0.25) is 0 Å². The van der Waals surface area contributed by atoms with E-state index in [1.165, 1.54) is 0 Å². The van der Waals surface area contributed by atoms with Crippen molar-refractivity contribution in [2.45, 2.75) is 25.8 Å². The molecule has 3 nitrogen and oxygen atoms in total. The molecule has 0 amide bonds. The van der Waals surface area contributed by atoms with Crippen molar-refractivity contribution < 1.29 is 0 Å². The lowest BCUT2D eigenvalue weighted by Crippen LogP contribution is -2.38. The first-order chi connectivity index (χ1) is 9.10. The second kappa shape index (κ2) is 6.68. The van der Waals surface area contributed by atoms with Crippen molar-refractivity contribution in [3.05, 3.63) is 49.9 Å². The van der Waals surface area contributed by atoms with Crippen molar-refractivity contribution in [1.82, 2.24) is 10.4 Å². The van der Waals surface area contributed by atoms with Gasteiger partial charge in [0, 0.05) is 17.8 Å². The van der Waals surface area contributed by atoms with E-state index in [2.05, 4.69) is 15.8 Å². The molecule has 1 heterocycles. The summed E-state index contributed by atoms with van der Waals surface area (Å²) < 4.78 is 0. The molecule has 0 aliphatic carbocycles. The third-order valence-corrected chi connectivity index (χ3v) is 4.54. The van der Waals surface area contributed by atoms with Crippen LogP contribution in [0.1, 0.15) is 16.3 Å². The maximum atomic E-state index is 6.19. The predicted molar refractivity (Wildman–Crippen MR) is 81.8 cm³/mol. The second-order valence-corrected chi connectivity index (χ2v) is 6.19. The van der Waals surface area contributed by atoms with Gasteiger partial charge < -0.3 is 0 Å². The minimum absolute atomic E-state index is 0.0810. The Balaban J connectivity index is 2.08. The SMILES string of the molecule is Cc1nc(CC(Cc2cccc(Cl)c2Cl)NN)cs1. The zero-order valence-corrected chi connectivity index (χ0v) is 12.8. The summed E-state index contributed by atoms with van der Waals surface area (Å²) in [7, 11) is 0. The lowest BCUT2D eigenvalue weighted by molar-refractivity contribution is 0.518. The Hall–Kier alpha value is -0.650. The summed E-state index contributed by atoms with van der Waals surface area (Å²) in [6, 6.07) is 5.72. The fourth-order valence-electron chi connectivity index (χ4n) is 1.92. The highest BCUT2D eigenvalue weighted by Gasteiger charge is 2.13. The van der Waals surface area contributed by atoms with E-state index in [1.54, 1.807) is 17.4 Å². The van der Waals surface area contributed by atoms with Crippen LogP contribution in [0.15, 0.2) is 23.6 Å². The zero-order valence-electron chi connectivity index (χ0n) is 10.5. The monoisotopic (exact) mass is 315 g/mol. The number of nitrogens with zero attached hydrogens (tertiary/aromatic N) is 1. The van der Waals surface area contributed by atoms with Gasteiger partial charge in [0.1, 0.15) is 0 Å². The summed E-state index contributed by atoms with van der Waals surface area (Å²) in [6.45, 7) is 1.99. The quantitative estimate of drug-likeness (QED) is 0.657. The molecule has 0 saturated heterocycles. The third kappa shape index (κ3) is 3.91. The largest absolute Gasteiger partial charge is 0.271 e. The topological polar surface area (TPSA) is 50.9 Å². The summed E-state index contributed by atoms with van der Waals surface area (Å²) in [4.78, 5) is 4.44. The molecule has 0 spiro atoms. The van der Waals surface area contributed by atoms with Crippen LogP contribution >= 0.6 is 34.5 Å². The van der Waals surface area contributed by atoms with Crippen molar-refractivity contribution in [2.75, 3.05) is 0 Å². The molecule has 19 heavy (non-hydrogen) atoms. The van der Waals surface area contributed by atoms with Gasteiger partial charge in [0.15, 0.2) is 0 Å². The highest BCUT2D eigenvalue weighted by atomic mass is 35.5. The van der Waals surface area contributed by atoms with Crippen LogP contribution in [0, 0.1) is 6.92 Å². The number of benzene rings is 1. The Morgan fingerprint density at radius 2 is 2.16 bits per heavy atom. The lowest BCUT2D eigenvalue weighted by Gasteiger charge is -2.16. The first-order valence-corrected chi connectivity index (χ1v) is 7.53. The average molecular weight is 316 g/mol.